The van der Waals surface area contributed by atoms with Gasteiger partial charge in [-0.3, -0.25) is 9.20 Å². The molecule has 0 saturated carbocycles. The zero-order chi connectivity index (χ0) is 22.0. The van der Waals surface area contributed by atoms with Gasteiger partial charge in [0.25, 0.3) is 5.78 Å². The Morgan fingerprint density at radius 2 is 1.77 bits per heavy atom. The predicted octanol–water partition coefficient (Wildman–Crippen LogP) is 5.24. The molecule has 2 heterocycles. The average Bonchev–Trinajstić information content (AvgIpc) is 3.14. The van der Waals surface area contributed by atoms with Gasteiger partial charge in [-0.2, -0.15) is 0 Å². The van der Waals surface area contributed by atoms with E-state index in [1.54, 1.807) is 11.8 Å². The van der Waals surface area contributed by atoms with E-state index in [0.29, 0.717) is 10.9 Å². The Hall–Kier alpha value is -2.84. The predicted molar refractivity (Wildman–Crippen MR) is 126 cm³/mol. The van der Waals surface area contributed by atoms with Crippen molar-refractivity contribution >= 4 is 40.9 Å². The minimum Gasteiger partial charge on any atom is -0.325 e. The minimum absolute atomic E-state index is 0.0885. The van der Waals surface area contributed by atoms with Crippen LogP contribution in [-0.4, -0.2) is 31.2 Å². The Balaban J connectivity index is 1.36. The van der Waals surface area contributed by atoms with Gasteiger partial charge in [0.1, 0.15) is 0 Å². The number of aromatic nitrogens is 4. The molecule has 6 nitrogen and oxygen atoms in total. The SMILES string of the molecule is Cc1ccc(C)c(Sc2ccc(NC(=O)CSc3nnc4nc(C)cc(C)n34)cc2)c1. The third-order valence-corrected chi connectivity index (χ3v) is 6.80. The van der Waals surface area contributed by atoms with Crippen LogP contribution in [-0.2, 0) is 4.79 Å². The maximum atomic E-state index is 12.4. The monoisotopic (exact) mass is 449 g/mol. The molecule has 0 fully saturated rings. The van der Waals surface area contributed by atoms with Gasteiger partial charge in [-0.1, -0.05) is 35.7 Å². The molecule has 0 radical (unpaired) electrons. The van der Waals surface area contributed by atoms with Crippen molar-refractivity contribution < 1.29 is 4.79 Å². The maximum absolute atomic E-state index is 12.4. The molecule has 0 bridgehead atoms. The highest BCUT2D eigenvalue weighted by molar-refractivity contribution is 7.99. The van der Waals surface area contributed by atoms with E-state index in [1.807, 2.05) is 48.6 Å². The van der Waals surface area contributed by atoms with Crippen molar-refractivity contribution in [1.29, 1.82) is 0 Å². The summed E-state index contributed by atoms with van der Waals surface area (Å²) in [6.45, 7) is 8.12. The molecule has 4 aromatic rings. The molecule has 0 spiro atoms. The molecule has 0 atom stereocenters. The van der Waals surface area contributed by atoms with E-state index < -0.39 is 0 Å². The molecule has 0 saturated heterocycles. The molecule has 158 valence electrons. The number of nitrogens with one attached hydrogen (secondary N) is 1. The van der Waals surface area contributed by atoms with Crippen molar-refractivity contribution in [3.8, 4) is 0 Å². The summed E-state index contributed by atoms with van der Waals surface area (Å²) in [5.41, 5.74) is 5.16. The van der Waals surface area contributed by atoms with E-state index in [2.05, 4.69) is 52.5 Å². The first-order chi connectivity index (χ1) is 14.9. The van der Waals surface area contributed by atoms with E-state index in [1.165, 1.54) is 27.8 Å². The molecule has 4 rings (SSSR count). The van der Waals surface area contributed by atoms with Gasteiger partial charge in [-0.15, -0.1) is 10.2 Å². The van der Waals surface area contributed by atoms with Crippen LogP contribution in [0.15, 0.2) is 63.5 Å². The number of benzene rings is 2. The molecule has 31 heavy (non-hydrogen) atoms. The number of amides is 1. The molecule has 0 aliphatic carbocycles. The van der Waals surface area contributed by atoms with Crippen molar-refractivity contribution in [2.24, 2.45) is 0 Å². The minimum atomic E-state index is -0.0885. The van der Waals surface area contributed by atoms with Crippen LogP contribution >= 0.6 is 23.5 Å². The first kappa shape index (κ1) is 21.4. The molecule has 2 aromatic heterocycles. The lowest BCUT2D eigenvalue weighted by Gasteiger charge is -2.09. The van der Waals surface area contributed by atoms with Crippen LogP contribution < -0.4 is 5.32 Å². The summed E-state index contributed by atoms with van der Waals surface area (Å²) < 4.78 is 1.87. The van der Waals surface area contributed by atoms with Gasteiger partial charge in [0.15, 0.2) is 5.16 Å². The van der Waals surface area contributed by atoms with Gasteiger partial charge in [0.05, 0.1) is 5.75 Å². The lowest BCUT2D eigenvalue weighted by Crippen LogP contribution is -2.14. The van der Waals surface area contributed by atoms with E-state index in [0.717, 1.165) is 22.0 Å². The number of fused-ring (bicyclic) bond motifs is 1. The Morgan fingerprint density at radius 3 is 2.55 bits per heavy atom. The standard InChI is InChI=1S/C23H23N5OS2/c1-14-5-6-15(2)20(11-14)31-19-9-7-18(8-10-19)25-21(29)13-30-23-27-26-22-24-16(3)12-17(4)28(22)23/h5-12H,13H2,1-4H3,(H,25,29). The van der Waals surface area contributed by atoms with Crippen molar-refractivity contribution in [3.63, 3.8) is 0 Å². The zero-order valence-electron chi connectivity index (χ0n) is 17.8. The molecular formula is C23H23N5OS2. The summed E-state index contributed by atoms with van der Waals surface area (Å²) in [5, 5.41) is 11.9. The second kappa shape index (κ2) is 9.11. The fraction of sp³-hybridized carbons (Fsp3) is 0.217. The van der Waals surface area contributed by atoms with Gasteiger partial charge >= 0.3 is 0 Å². The molecule has 1 amide bonds. The number of carbonyl (C=O) groups is 1. The van der Waals surface area contributed by atoms with Crippen LogP contribution in [0.4, 0.5) is 5.69 Å². The smallest absolute Gasteiger partial charge is 0.256 e. The Bertz CT molecular complexity index is 1250. The van der Waals surface area contributed by atoms with Crippen molar-refractivity contribution in [3.05, 3.63) is 71.0 Å². The Kier molecular flexibility index (Phi) is 6.29. The van der Waals surface area contributed by atoms with Crippen LogP contribution in [0.5, 0.6) is 0 Å². The van der Waals surface area contributed by atoms with Gasteiger partial charge in [-0.05, 0) is 75.2 Å². The number of hydrogen-bond acceptors (Lipinski definition) is 6. The average molecular weight is 450 g/mol. The number of thioether (sulfide) groups is 1. The van der Waals surface area contributed by atoms with E-state index in [4.69, 9.17) is 0 Å². The highest BCUT2D eigenvalue weighted by Crippen LogP contribution is 2.31. The third-order valence-electron chi connectivity index (χ3n) is 4.71. The number of aryl methyl sites for hydroxylation is 4. The second-order valence-electron chi connectivity index (χ2n) is 7.39. The van der Waals surface area contributed by atoms with Crippen molar-refractivity contribution in [1.82, 2.24) is 19.6 Å². The van der Waals surface area contributed by atoms with Crippen LogP contribution in [0.2, 0.25) is 0 Å². The van der Waals surface area contributed by atoms with Crippen LogP contribution in [0, 0.1) is 27.7 Å². The fourth-order valence-electron chi connectivity index (χ4n) is 3.17. The summed E-state index contributed by atoms with van der Waals surface area (Å²) >= 11 is 3.07. The molecule has 8 heteroatoms. The quantitative estimate of drug-likeness (QED) is 0.406. The first-order valence-corrected chi connectivity index (χ1v) is 11.7. The Morgan fingerprint density at radius 1 is 1.00 bits per heavy atom. The summed E-state index contributed by atoms with van der Waals surface area (Å²) in [5.74, 6) is 0.708. The van der Waals surface area contributed by atoms with Crippen LogP contribution in [0.3, 0.4) is 0 Å². The number of hydrogen-bond donors (Lipinski definition) is 1. The van der Waals surface area contributed by atoms with Gasteiger partial charge in [0.2, 0.25) is 5.91 Å². The number of carbonyl (C=O) groups excluding carboxylic acids is 1. The summed E-state index contributed by atoms with van der Waals surface area (Å²) in [6, 6.07) is 16.3. The highest BCUT2D eigenvalue weighted by atomic mass is 32.2. The van der Waals surface area contributed by atoms with Crippen molar-refractivity contribution in [2.75, 3.05) is 11.1 Å². The second-order valence-corrected chi connectivity index (χ2v) is 9.45. The van der Waals surface area contributed by atoms with Crippen LogP contribution in [0.1, 0.15) is 22.5 Å². The lowest BCUT2D eigenvalue weighted by molar-refractivity contribution is -0.113. The van der Waals surface area contributed by atoms with E-state index in [9.17, 15) is 4.79 Å². The number of anilines is 1. The lowest BCUT2D eigenvalue weighted by atomic mass is 10.2. The van der Waals surface area contributed by atoms with E-state index >= 15 is 0 Å². The molecule has 0 aliphatic heterocycles. The zero-order valence-corrected chi connectivity index (χ0v) is 19.5. The highest BCUT2D eigenvalue weighted by Gasteiger charge is 2.12. The van der Waals surface area contributed by atoms with Gasteiger partial charge in [0, 0.05) is 26.9 Å². The first-order valence-electron chi connectivity index (χ1n) is 9.86. The third kappa shape index (κ3) is 5.08. The molecule has 0 unspecified atom stereocenters. The normalized spacial score (nSPS) is 11.1. The summed E-state index contributed by atoms with van der Waals surface area (Å²) in [4.78, 5) is 19.2. The molecule has 1 N–H and O–H groups in total. The topological polar surface area (TPSA) is 72.2 Å². The van der Waals surface area contributed by atoms with Crippen LogP contribution in [0.25, 0.3) is 5.78 Å². The number of rotatable bonds is 6. The molecular weight excluding hydrogens is 426 g/mol. The summed E-state index contributed by atoms with van der Waals surface area (Å²) in [7, 11) is 0. The maximum Gasteiger partial charge on any atom is 0.256 e. The Labute approximate surface area is 189 Å². The number of nitrogens with zero attached hydrogens (tertiary/aromatic N) is 4. The van der Waals surface area contributed by atoms with Gasteiger partial charge in [-0.25, -0.2) is 4.98 Å². The largest absolute Gasteiger partial charge is 0.325 e. The van der Waals surface area contributed by atoms with Crippen molar-refractivity contribution in [2.45, 2.75) is 42.6 Å². The van der Waals surface area contributed by atoms with Gasteiger partial charge < -0.3 is 5.32 Å². The molecule has 2 aromatic carbocycles. The fourth-order valence-corrected chi connectivity index (χ4v) is 4.96. The van der Waals surface area contributed by atoms with E-state index in [-0.39, 0.29) is 11.7 Å². The summed E-state index contributed by atoms with van der Waals surface area (Å²) in [6.07, 6.45) is 0. The molecule has 0 aliphatic rings.